The Morgan fingerprint density at radius 2 is 1.83 bits per heavy atom. The van der Waals surface area contributed by atoms with Gasteiger partial charge in [-0.3, -0.25) is 0 Å². The van der Waals surface area contributed by atoms with E-state index in [1.165, 1.54) is 5.56 Å². The lowest BCUT2D eigenvalue weighted by Crippen LogP contribution is -1.99. The summed E-state index contributed by atoms with van der Waals surface area (Å²) in [6, 6.07) is 18.1. The molecule has 3 rings (SSSR count). The standard InChI is InChI=1S/C17H16BrN3OS2/c18-14-6-8-15(9-7-14)22-10-11-23-17-21-20-16(24-17)19-12-13-4-2-1-3-5-13/h1-9H,10-12H2,(H,19,20). The number of aromatic nitrogens is 2. The maximum Gasteiger partial charge on any atom is 0.206 e. The number of ether oxygens (including phenoxy) is 1. The Labute approximate surface area is 157 Å². The summed E-state index contributed by atoms with van der Waals surface area (Å²) in [6.45, 7) is 1.39. The first-order valence-electron chi connectivity index (χ1n) is 7.42. The van der Waals surface area contributed by atoms with Crippen molar-refractivity contribution in [3.8, 4) is 5.75 Å². The van der Waals surface area contributed by atoms with Crippen LogP contribution in [0.15, 0.2) is 63.4 Å². The number of anilines is 1. The molecule has 3 aromatic rings. The average Bonchev–Trinajstić information content (AvgIpc) is 3.07. The highest BCUT2D eigenvalue weighted by Crippen LogP contribution is 2.26. The number of nitrogens with one attached hydrogen (secondary N) is 1. The lowest BCUT2D eigenvalue weighted by Gasteiger charge is -2.04. The Kier molecular flexibility index (Phi) is 6.51. The molecular formula is C17H16BrN3OS2. The van der Waals surface area contributed by atoms with Gasteiger partial charge in [0.25, 0.3) is 0 Å². The summed E-state index contributed by atoms with van der Waals surface area (Å²) in [4.78, 5) is 0. The second-order valence-electron chi connectivity index (χ2n) is 4.86. The van der Waals surface area contributed by atoms with Crippen molar-refractivity contribution < 1.29 is 4.74 Å². The highest BCUT2D eigenvalue weighted by Gasteiger charge is 2.05. The molecule has 7 heteroatoms. The fourth-order valence-electron chi connectivity index (χ4n) is 1.93. The predicted molar refractivity (Wildman–Crippen MR) is 104 cm³/mol. The number of hydrogen-bond donors (Lipinski definition) is 1. The second kappa shape index (κ2) is 9.05. The van der Waals surface area contributed by atoms with Gasteiger partial charge in [-0.1, -0.05) is 69.4 Å². The molecule has 0 saturated heterocycles. The first-order chi connectivity index (χ1) is 11.8. The topological polar surface area (TPSA) is 47.0 Å². The minimum absolute atomic E-state index is 0.638. The summed E-state index contributed by atoms with van der Waals surface area (Å²) in [5.41, 5.74) is 1.23. The molecule has 1 aromatic heterocycles. The van der Waals surface area contributed by atoms with Gasteiger partial charge in [0.15, 0.2) is 4.34 Å². The predicted octanol–water partition coefficient (Wildman–Crippen LogP) is 5.08. The fraction of sp³-hybridized carbons (Fsp3) is 0.176. The van der Waals surface area contributed by atoms with Crippen LogP contribution in [0.4, 0.5) is 5.13 Å². The van der Waals surface area contributed by atoms with E-state index in [2.05, 4.69) is 43.6 Å². The highest BCUT2D eigenvalue weighted by molar-refractivity contribution is 9.10. The molecule has 0 aliphatic rings. The molecule has 0 spiro atoms. The van der Waals surface area contributed by atoms with E-state index in [-0.39, 0.29) is 0 Å². The van der Waals surface area contributed by atoms with E-state index in [1.54, 1.807) is 23.1 Å². The molecule has 4 nitrogen and oxygen atoms in total. The Bertz CT molecular complexity index is 750. The molecular weight excluding hydrogens is 406 g/mol. The number of nitrogens with zero attached hydrogens (tertiary/aromatic N) is 2. The Morgan fingerprint density at radius 3 is 2.62 bits per heavy atom. The van der Waals surface area contributed by atoms with Crippen molar-refractivity contribution in [2.24, 2.45) is 0 Å². The number of rotatable bonds is 8. The van der Waals surface area contributed by atoms with Crippen molar-refractivity contribution in [1.29, 1.82) is 0 Å². The van der Waals surface area contributed by atoms with Crippen LogP contribution in [0.25, 0.3) is 0 Å². The van der Waals surface area contributed by atoms with Gasteiger partial charge in [0.2, 0.25) is 5.13 Å². The Balaban J connectivity index is 1.39. The van der Waals surface area contributed by atoms with Gasteiger partial charge in [-0.05, 0) is 29.8 Å². The third-order valence-corrected chi connectivity index (χ3v) is 5.59. The van der Waals surface area contributed by atoms with Crippen molar-refractivity contribution in [3.05, 3.63) is 64.6 Å². The van der Waals surface area contributed by atoms with Gasteiger partial charge in [-0.15, -0.1) is 10.2 Å². The summed E-state index contributed by atoms with van der Waals surface area (Å²) in [5.74, 6) is 1.71. The minimum atomic E-state index is 0.638. The lowest BCUT2D eigenvalue weighted by molar-refractivity contribution is 0.344. The average molecular weight is 422 g/mol. The summed E-state index contributed by atoms with van der Waals surface area (Å²) in [5, 5.41) is 12.5. The molecule has 0 fully saturated rings. The summed E-state index contributed by atoms with van der Waals surface area (Å²) in [6.07, 6.45) is 0. The molecule has 124 valence electrons. The minimum Gasteiger partial charge on any atom is -0.493 e. The first kappa shape index (κ1) is 17.3. The molecule has 0 radical (unpaired) electrons. The van der Waals surface area contributed by atoms with E-state index in [1.807, 2.05) is 42.5 Å². The van der Waals surface area contributed by atoms with Crippen LogP contribution >= 0.6 is 39.0 Å². The number of thioether (sulfide) groups is 1. The van der Waals surface area contributed by atoms with E-state index in [0.29, 0.717) is 6.61 Å². The van der Waals surface area contributed by atoms with Crippen LogP contribution in [0.3, 0.4) is 0 Å². The van der Waals surface area contributed by atoms with E-state index in [9.17, 15) is 0 Å². The third-order valence-electron chi connectivity index (χ3n) is 3.08. The molecule has 0 aliphatic heterocycles. The zero-order chi connectivity index (χ0) is 16.6. The van der Waals surface area contributed by atoms with E-state index in [4.69, 9.17) is 4.74 Å². The van der Waals surface area contributed by atoms with E-state index in [0.717, 1.165) is 32.0 Å². The first-order valence-corrected chi connectivity index (χ1v) is 10.0. The number of halogens is 1. The van der Waals surface area contributed by atoms with Crippen molar-refractivity contribution in [2.75, 3.05) is 17.7 Å². The van der Waals surface area contributed by atoms with Crippen molar-refractivity contribution in [3.63, 3.8) is 0 Å². The molecule has 0 saturated carbocycles. The SMILES string of the molecule is Brc1ccc(OCCSc2nnc(NCc3ccccc3)s2)cc1. The van der Waals surface area contributed by atoms with Crippen molar-refractivity contribution in [1.82, 2.24) is 10.2 Å². The van der Waals surface area contributed by atoms with Gasteiger partial charge in [-0.25, -0.2) is 0 Å². The molecule has 0 aliphatic carbocycles. The van der Waals surface area contributed by atoms with Crippen LogP contribution < -0.4 is 10.1 Å². The van der Waals surface area contributed by atoms with E-state index >= 15 is 0 Å². The summed E-state index contributed by atoms with van der Waals surface area (Å²) < 4.78 is 7.69. The number of hydrogen-bond acceptors (Lipinski definition) is 6. The molecule has 0 atom stereocenters. The van der Waals surface area contributed by atoms with Gasteiger partial charge in [0.1, 0.15) is 5.75 Å². The monoisotopic (exact) mass is 421 g/mol. The molecule has 2 aromatic carbocycles. The highest BCUT2D eigenvalue weighted by atomic mass is 79.9. The van der Waals surface area contributed by atoms with Gasteiger partial charge < -0.3 is 10.1 Å². The summed E-state index contributed by atoms with van der Waals surface area (Å²) >= 11 is 6.63. The smallest absolute Gasteiger partial charge is 0.206 e. The third kappa shape index (κ3) is 5.51. The number of benzene rings is 2. The summed E-state index contributed by atoms with van der Waals surface area (Å²) in [7, 11) is 0. The quantitative estimate of drug-likeness (QED) is 0.405. The Morgan fingerprint density at radius 1 is 1.04 bits per heavy atom. The van der Waals surface area contributed by atoms with Crippen molar-refractivity contribution >= 4 is 44.2 Å². The maximum atomic E-state index is 5.69. The lowest BCUT2D eigenvalue weighted by atomic mass is 10.2. The van der Waals surface area contributed by atoms with Gasteiger partial charge in [0.05, 0.1) is 6.61 Å². The molecule has 1 N–H and O–H groups in total. The maximum absolute atomic E-state index is 5.69. The van der Waals surface area contributed by atoms with Crippen LogP contribution in [0.1, 0.15) is 5.56 Å². The molecule has 0 amide bonds. The second-order valence-corrected chi connectivity index (χ2v) is 8.10. The van der Waals surface area contributed by atoms with Crippen LogP contribution in [0, 0.1) is 0 Å². The van der Waals surface area contributed by atoms with Gasteiger partial charge in [0, 0.05) is 16.8 Å². The van der Waals surface area contributed by atoms with Crippen LogP contribution in [-0.2, 0) is 6.54 Å². The largest absolute Gasteiger partial charge is 0.493 e. The van der Waals surface area contributed by atoms with Gasteiger partial charge in [-0.2, -0.15) is 0 Å². The van der Waals surface area contributed by atoms with Crippen molar-refractivity contribution in [2.45, 2.75) is 10.9 Å². The van der Waals surface area contributed by atoms with Crippen LogP contribution in [0.5, 0.6) is 5.75 Å². The van der Waals surface area contributed by atoms with Crippen LogP contribution in [0.2, 0.25) is 0 Å². The normalized spacial score (nSPS) is 10.5. The molecule has 0 bridgehead atoms. The fourth-order valence-corrected chi connectivity index (χ4v) is 3.83. The zero-order valence-electron chi connectivity index (χ0n) is 12.8. The van der Waals surface area contributed by atoms with E-state index < -0.39 is 0 Å². The molecule has 24 heavy (non-hydrogen) atoms. The molecule has 1 heterocycles. The van der Waals surface area contributed by atoms with Crippen LogP contribution in [-0.4, -0.2) is 22.6 Å². The Hall–Kier alpha value is -1.57. The molecule has 0 unspecified atom stereocenters. The van der Waals surface area contributed by atoms with Gasteiger partial charge >= 0.3 is 0 Å². The zero-order valence-corrected chi connectivity index (χ0v) is 16.0.